The number of nitrogens with zero attached hydrogens (tertiary/aromatic N) is 1. The predicted molar refractivity (Wildman–Crippen MR) is 56.5 cm³/mol. The zero-order valence-electron chi connectivity index (χ0n) is 8.96. The van der Waals surface area contributed by atoms with E-state index in [1.54, 1.807) is 24.3 Å². The lowest BCUT2D eigenvalue weighted by atomic mass is 10.1. The van der Waals surface area contributed by atoms with Gasteiger partial charge in [-0.1, -0.05) is 12.1 Å². The lowest BCUT2D eigenvalue weighted by molar-refractivity contribution is 0.161. The highest BCUT2D eigenvalue weighted by atomic mass is 19.1. The Labute approximate surface area is 89.3 Å². The molecule has 1 aromatic carbocycles. The lowest BCUT2D eigenvalue weighted by Gasteiger charge is -2.14. The molecular formula is C12H14FNO. The molecule has 3 heteroatoms. The molecular weight excluding hydrogens is 193 g/mol. The van der Waals surface area contributed by atoms with E-state index in [-0.39, 0.29) is 6.61 Å². The molecule has 80 valence electrons. The minimum absolute atomic E-state index is 0.280. The van der Waals surface area contributed by atoms with Crippen LogP contribution in [0.15, 0.2) is 24.3 Å². The molecule has 0 unspecified atom stereocenters. The molecule has 0 aliphatic rings. The van der Waals surface area contributed by atoms with Crippen LogP contribution in [0.25, 0.3) is 0 Å². The van der Waals surface area contributed by atoms with Gasteiger partial charge in [-0.25, -0.2) is 4.39 Å². The van der Waals surface area contributed by atoms with Gasteiger partial charge in [0, 0.05) is 6.42 Å². The van der Waals surface area contributed by atoms with Crippen molar-refractivity contribution < 1.29 is 9.13 Å². The molecule has 0 atom stereocenters. The highest BCUT2D eigenvalue weighted by Gasteiger charge is 2.15. The molecule has 0 saturated carbocycles. The van der Waals surface area contributed by atoms with Crippen molar-refractivity contribution in [2.75, 3.05) is 6.61 Å². The molecule has 1 rings (SSSR count). The zero-order chi connectivity index (χ0) is 11.3. The Morgan fingerprint density at radius 2 is 2.07 bits per heavy atom. The van der Waals surface area contributed by atoms with Crippen LogP contribution in [0, 0.1) is 11.3 Å². The average Bonchev–Trinajstić information content (AvgIpc) is 2.16. The molecule has 0 heterocycles. The molecule has 0 fully saturated rings. The number of para-hydroxylation sites is 1. The fourth-order valence-corrected chi connectivity index (χ4v) is 1.09. The number of alkyl halides is 1. The van der Waals surface area contributed by atoms with Crippen molar-refractivity contribution in [1.29, 1.82) is 5.26 Å². The van der Waals surface area contributed by atoms with E-state index in [0.29, 0.717) is 17.7 Å². The maximum Gasteiger partial charge on any atom is 0.137 e. The number of rotatable bonds is 4. The first-order chi connectivity index (χ1) is 7.03. The Bertz CT molecular complexity index is 363. The van der Waals surface area contributed by atoms with Gasteiger partial charge in [0.15, 0.2) is 0 Å². The molecule has 1 aromatic rings. The van der Waals surface area contributed by atoms with Crippen molar-refractivity contribution in [2.24, 2.45) is 0 Å². The maximum atomic E-state index is 13.1. The fraction of sp³-hybridized carbons (Fsp3) is 0.417. The highest BCUT2D eigenvalue weighted by molar-refractivity contribution is 5.42. The third kappa shape index (κ3) is 3.99. The summed E-state index contributed by atoms with van der Waals surface area (Å²) in [5.41, 5.74) is -0.754. The number of hydrogen-bond acceptors (Lipinski definition) is 2. The van der Waals surface area contributed by atoms with E-state index in [2.05, 4.69) is 0 Å². The SMILES string of the molecule is CC(C)(F)CCOc1ccccc1C#N. The zero-order valence-corrected chi connectivity index (χ0v) is 8.96. The fourth-order valence-electron chi connectivity index (χ4n) is 1.09. The summed E-state index contributed by atoms with van der Waals surface area (Å²) in [6.45, 7) is 3.29. The molecule has 15 heavy (non-hydrogen) atoms. The van der Waals surface area contributed by atoms with Crippen LogP contribution in [-0.2, 0) is 0 Å². The summed E-state index contributed by atoms with van der Waals surface area (Å²) in [5.74, 6) is 0.518. The maximum absolute atomic E-state index is 13.1. The monoisotopic (exact) mass is 207 g/mol. The molecule has 0 aromatic heterocycles. The van der Waals surface area contributed by atoms with Gasteiger partial charge in [0.25, 0.3) is 0 Å². The Balaban J connectivity index is 2.55. The summed E-state index contributed by atoms with van der Waals surface area (Å²) in [6.07, 6.45) is 0.312. The molecule has 2 nitrogen and oxygen atoms in total. The van der Waals surface area contributed by atoms with Gasteiger partial charge in [0.05, 0.1) is 12.2 Å². The van der Waals surface area contributed by atoms with Crippen molar-refractivity contribution in [1.82, 2.24) is 0 Å². The second-order valence-corrected chi connectivity index (χ2v) is 3.93. The molecule has 0 saturated heterocycles. The molecule has 0 bridgehead atoms. The third-order valence-electron chi connectivity index (χ3n) is 1.96. The van der Waals surface area contributed by atoms with E-state index in [0.717, 1.165) is 0 Å². The topological polar surface area (TPSA) is 33.0 Å². The summed E-state index contributed by atoms with van der Waals surface area (Å²) in [4.78, 5) is 0. The Kier molecular flexibility index (Phi) is 3.68. The van der Waals surface area contributed by atoms with E-state index in [1.165, 1.54) is 13.8 Å². The van der Waals surface area contributed by atoms with Crippen molar-refractivity contribution in [2.45, 2.75) is 25.9 Å². The van der Waals surface area contributed by atoms with Crippen LogP contribution >= 0.6 is 0 Å². The number of hydrogen-bond donors (Lipinski definition) is 0. The average molecular weight is 207 g/mol. The first-order valence-corrected chi connectivity index (χ1v) is 4.84. The number of nitriles is 1. The van der Waals surface area contributed by atoms with E-state index < -0.39 is 5.67 Å². The summed E-state index contributed by atoms with van der Waals surface area (Å²) in [7, 11) is 0. The van der Waals surface area contributed by atoms with Gasteiger partial charge in [0.1, 0.15) is 17.5 Å². The van der Waals surface area contributed by atoms with E-state index in [9.17, 15) is 4.39 Å². The molecule has 0 aliphatic carbocycles. The minimum atomic E-state index is -1.23. The molecule has 0 spiro atoms. The Hall–Kier alpha value is -1.56. The van der Waals surface area contributed by atoms with Crippen LogP contribution in [0.1, 0.15) is 25.8 Å². The van der Waals surface area contributed by atoms with Crippen LogP contribution in [-0.4, -0.2) is 12.3 Å². The Morgan fingerprint density at radius 3 is 2.67 bits per heavy atom. The number of ether oxygens (including phenoxy) is 1. The number of benzene rings is 1. The van der Waals surface area contributed by atoms with Gasteiger partial charge in [-0.3, -0.25) is 0 Å². The van der Waals surface area contributed by atoms with Crippen molar-refractivity contribution in [3.8, 4) is 11.8 Å². The van der Waals surface area contributed by atoms with Gasteiger partial charge >= 0.3 is 0 Å². The second-order valence-electron chi connectivity index (χ2n) is 3.93. The molecule has 0 amide bonds. The first-order valence-electron chi connectivity index (χ1n) is 4.84. The summed E-state index contributed by atoms with van der Waals surface area (Å²) >= 11 is 0. The standard InChI is InChI=1S/C12H14FNO/c1-12(2,13)7-8-15-11-6-4-3-5-10(11)9-14/h3-6H,7-8H2,1-2H3. The molecule has 0 aliphatic heterocycles. The lowest BCUT2D eigenvalue weighted by Crippen LogP contribution is -2.16. The van der Waals surface area contributed by atoms with E-state index >= 15 is 0 Å². The number of halogens is 1. The Morgan fingerprint density at radius 1 is 1.40 bits per heavy atom. The van der Waals surface area contributed by atoms with Gasteiger partial charge in [-0.2, -0.15) is 5.26 Å². The van der Waals surface area contributed by atoms with Gasteiger partial charge in [-0.15, -0.1) is 0 Å². The predicted octanol–water partition coefficient (Wildman–Crippen LogP) is 3.08. The quantitative estimate of drug-likeness (QED) is 0.760. The molecule has 0 N–H and O–H groups in total. The summed E-state index contributed by atoms with van der Waals surface area (Å²) in [6, 6.07) is 8.97. The normalized spacial score (nSPS) is 10.8. The molecule has 0 radical (unpaired) electrons. The summed E-state index contributed by atoms with van der Waals surface area (Å²) < 4.78 is 18.5. The van der Waals surface area contributed by atoms with Crippen LogP contribution in [0.2, 0.25) is 0 Å². The van der Waals surface area contributed by atoms with Crippen LogP contribution in [0.5, 0.6) is 5.75 Å². The van der Waals surface area contributed by atoms with E-state index in [4.69, 9.17) is 10.00 Å². The van der Waals surface area contributed by atoms with Crippen molar-refractivity contribution in [3.05, 3.63) is 29.8 Å². The minimum Gasteiger partial charge on any atom is -0.492 e. The highest BCUT2D eigenvalue weighted by Crippen LogP contribution is 2.19. The van der Waals surface area contributed by atoms with Crippen molar-refractivity contribution in [3.63, 3.8) is 0 Å². The third-order valence-corrected chi connectivity index (χ3v) is 1.96. The summed E-state index contributed by atoms with van der Waals surface area (Å²) in [5, 5.41) is 8.77. The largest absolute Gasteiger partial charge is 0.492 e. The van der Waals surface area contributed by atoms with Crippen LogP contribution in [0.4, 0.5) is 4.39 Å². The van der Waals surface area contributed by atoms with Crippen LogP contribution < -0.4 is 4.74 Å². The van der Waals surface area contributed by atoms with E-state index in [1.807, 2.05) is 6.07 Å². The van der Waals surface area contributed by atoms with Crippen LogP contribution in [0.3, 0.4) is 0 Å². The van der Waals surface area contributed by atoms with Gasteiger partial charge < -0.3 is 4.74 Å². The smallest absolute Gasteiger partial charge is 0.137 e. The second kappa shape index (κ2) is 4.79. The van der Waals surface area contributed by atoms with Gasteiger partial charge in [-0.05, 0) is 26.0 Å². The first kappa shape index (κ1) is 11.5. The van der Waals surface area contributed by atoms with Crippen molar-refractivity contribution >= 4 is 0 Å². The van der Waals surface area contributed by atoms with Gasteiger partial charge in [0.2, 0.25) is 0 Å².